The number of halogens is 1. The number of hydrogen-bond donors (Lipinski definition) is 2. The maximum atomic E-state index is 13.1. The zero-order valence-electron chi connectivity index (χ0n) is 6.50. The molecule has 0 aliphatic heterocycles. The van der Waals surface area contributed by atoms with E-state index in [1.54, 1.807) is 0 Å². The second-order valence-corrected chi connectivity index (χ2v) is 2.65. The van der Waals surface area contributed by atoms with Crippen molar-refractivity contribution in [2.75, 3.05) is 0 Å². The van der Waals surface area contributed by atoms with E-state index < -0.39 is 5.82 Å². The Kier molecular flexibility index (Phi) is 1.46. The number of nitrogens with one attached hydrogen (secondary N) is 1. The van der Waals surface area contributed by atoms with Crippen molar-refractivity contribution in [2.45, 2.75) is 0 Å². The molecule has 2 N–H and O–H groups in total. The summed E-state index contributed by atoms with van der Waals surface area (Å²) >= 11 is 0. The van der Waals surface area contributed by atoms with Crippen LogP contribution in [0.5, 0.6) is 5.75 Å². The summed E-state index contributed by atoms with van der Waals surface area (Å²) in [5.41, 5.74) is 0.395. The van der Waals surface area contributed by atoms with E-state index in [0.29, 0.717) is 5.39 Å². The molecule has 0 saturated carbocycles. The number of nitriles is 1. The Morgan fingerprint density at radius 1 is 1.46 bits per heavy atom. The number of hydrogen-bond acceptors (Lipinski definition) is 2. The lowest BCUT2D eigenvalue weighted by Crippen LogP contribution is -1.77. The fourth-order valence-electron chi connectivity index (χ4n) is 1.23. The van der Waals surface area contributed by atoms with Crippen LogP contribution in [0, 0.1) is 17.1 Å². The van der Waals surface area contributed by atoms with Crippen molar-refractivity contribution in [3.8, 4) is 11.8 Å². The second-order valence-electron chi connectivity index (χ2n) is 2.65. The Morgan fingerprint density at radius 2 is 2.23 bits per heavy atom. The largest absolute Gasteiger partial charge is 0.507 e. The molecule has 0 amide bonds. The van der Waals surface area contributed by atoms with Crippen LogP contribution in [0.25, 0.3) is 10.9 Å². The number of phenols is 1. The molecular formula is C9H5FN2O. The van der Waals surface area contributed by atoms with Gasteiger partial charge in [0.05, 0.1) is 5.52 Å². The van der Waals surface area contributed by atoms with E-state index in [2.05, 4.69) is 4.98 Å². The van der Waals surface area contributed by atoms with Crippen molar-refractivity contribution in [1.82, 2.24) is 4.98 Å². The number of benzene rings is 1. The quantitative estimate of drug-likeness (QED) is 0.643. The standard InChI is InChI=1S/C9H5FN2O/c10-7-1-2-8(13)6-3-5(4-11)12-9(6)7/h1-3,12-13H. The second kappa shape index (κ2) is 2.49. The Labute approximate surface area is 73.0 Å². The maximum absolute atomic E-state index is 13.1. The molecule has 2 rings (SSSR count). The number of rotatable bonds is 0. The number of aromatic nitrogens is 1. The SMILES string of the molecule is N#Cc1cc2c(O)ccc(F)c2[nH]1. The third kappa shape index (κ3) is 1.02. The van der Waals surface area contributed by atoms with E-state index in [9.17, 15) is 9.50 Å². The lowest BCUT2D eigenvalue weighted by atomic mass is 10.2. The number of fused-ring (bicyclic) bond motifs is 1. The smallest absolute Gasteiger partial charge is 0.147 e. The van der Waals surface area contributed by atoms with Crippen LogP contribution in [0.1, 0.15) is 5.69 Å². The summed E-state index contributed by atoms with van der Waals surface area (Å²) < 4.78 is 13.1. The fraction of sp³-hybridized carbons (Fsp3) is 0. The molecule has 0 bridgehead atoms. The minimum Gasteiger partial charge on any atom is -0.507 e. The normalized spacial score (nSPS) is 10.2. The summed E-state index contributed by atoms with van der Waals surface area (Å²) in [7, 11) is 0. The molecule has 0 aliphatic rings. The third-order valence-electron chi connectivity index (χ3n) is 1.84. The van der Waals surface area contributed by atoms with Gasteiger partial charge in [0.15, 0.2) is 0 Å². The van der Waals surface area contributed by atoms with Crippen molar-refractivity contribution >= 4 is 10.9 Å². The third-order valence-corrected chi connectivity index (χ3v) is 1.84. The first-order valence-corrected chi connectivity index (χ1v) is 3.62. The molecular weight excluding hydrogens is 171 g/mol. The molecule has 1 heterocycles. The van der Waals surface area contributed by atoms with E-state index in [-0.39, 0.29) is 17.0 Å². The maximum Gasteiger partial charge on any atom is 0.147 e. The van der Waals surface area contributed by atoms with E-state index in [4.69, 9.17) is 5.26 Å². The van der Waals surface area contributed by atoms with Gasteiger partial charge in [-0.1, -0.05) is 0 Å². The summed E-state index contributed by atoms with van der Waals surface area (Å²) in [6.07, 6.45) is 0. The monoisotopic (exact) mass is 176 g/mol. The van der Waals surface area contributed by atoms with Gasteiger partial charge in [0.1, 0.15) is 23.3 Å². The van der Waals surface area contributed by atoms with Gasteiger partial charge in [-0.25, -0.2) is 4.39 Å². The minimum atomic E-state index is -0.477. The zero-order chi connectivity index (χ0) is 9.42. The number of phenolic OH excluding ortho intramolecular Hbond substituents is 1. The molecule has 1 aromatic carbocycles. The van der Waals surface area contributed by atoms with Crippen molar-refractivity contribution in [1.29, 1.82) is 5.26 Å². The Hall–Kier alpha value is -2.02. The van der Waals surface area contributed by atoms with Crippen molar-refractivity contribution in [2.24, 2.45) is 0 Å². The van der Waals surface area contributed by atoms with Crippen LogP contribution in [0.15, 0.2) is 18.2 Å². The van der Waals surface area contributed by atoms with Crippen molar-refractivity contribution in [3.63, 3.8) is 0 Å². The average molecular weight is 176 g/mol. The molecule has 0 atom stereocenters. The van der Waals surface area contributed by atoms with Crippen LogP contribution < -0.4 is 0 Å². The molecule has 0 radical (unpaired) electrons. The molecule has 0 unspecified atom stereocenters. The summed E-state index contributed by atoms with van der Waals surface area (Å²) in [5, 5.41) is 18.2. The predicted molar refractivity (Wildman–Crippen MR) is 44.6 cm³/mol. The summed E-state index contributed by atoms with van der Waals surface area (Å²) in [4.78, 5) is 2.56. The molecule has 4 heteroatoms. The van der Waals surface area contributed by atoms with Crippen LogP contribution in [0.3, 0.4) is 0 Å². The van der Waals surface area contributed by atoms with Gasteiger partial charge in [0.2, 0.25) is 0 Å². The Balaban J connectivity index is 2.90. The molecule has 1 aromatic heterocycles. The molecule has 0 fully saturated rings. The van der Waals surface area contributed by atoms with E-state index in [0.717, 1.165) is 6.07 Å². The van der Waals surface area contributed by atoms with Crippen LogP contribution in [-0.4, -0.2) is 10.1 Å². The molecule has 0 spiro atoms. The highest BCUT2D eigenvalue weighted by atomic mass is 19.1. The highest BCUT2D eigenvalue weighted by Gasteiger charge is 2.08. The van der Waals surface area contributed by atoms with Crippen LogP contribution in [0.2, 0.25) is 0 Å². The summed E-state index contributed by atoms with van der Waals surface area (Å²) in [6, 6.07) is 5.65. The van der Waals surface area contributed by atoms with Gasteiger partial charge in [0, 0.05) is 5.39 Å². The van der Waals surface area contributed by atoms with Crippen LogP contribution in [-0.2, 0) is 0 Å². The van der Waals surface area contributed by atoms with Gasteiger partial charge >= 0.3 is 0 Å². The number of aromatic amines is 1. The Morgan fingerprint density at radius 3 is 2.85 bits per heavy atom. The van der Waals surface area contributed by atoms with Gasteiger partial charge in [-0.05, 0) is 18.2 Å². The molecule has 3 nitrogen and oxygen atoms in total. The zero-order valence-corrected chi connectivity index (χ0v) is 6.50. The highest BCUT2D eigenvalue weighted by molar-refractivity contribution is 5.87. The van der Waals surface area contributed by atoms with Gasteiger partial charge in [-0.3, -0.25) is 0 Å². The molecule has 64 valence electrons. The first-order valence-electron chi connectivity index (χ1n) is 3.62. The van der Waals surface area contributed by atoms with Gasteiger partial charge in [-0.15, -0.1) is 0 Å². The Bertz CT molecular complexity index is 471. The van der Waals surface area contributed by atoms with Gasteiger partial charge in [0.25, 0.3) is 0 Å². The first-order chi connectivity index (χ1) is 6.22. The lowest BCUT2D eigenvalue weighted by molar-refractivity contribution is 0.480. The number of H-pyrrole nitrogens is 1. The summed E-state index contributed by atoms with van der Waals surface area (Å²) in [6.45, 7) is 0. The lowest BCUT2D eigenvalue weighted by Gasteiger charge is -1.94. The molecule has 2 aromatic rings. The van der Waals surface area contributed by atoms with Gasteiger partial charge < -0.3 is 10.1 Å². The van der Waals surface area contributed by atoms with E-state index in [1.807, 2.05) is 6.07 Å². The van der Waals surface area contributed by atoms with Crippen molar-refractivity contribution < 1.29 is 9.50 Å². The van der Waals surface area contributed by atoms with Crippen LogP contribution >= 0.6 is 0 Å². The van der Waals surface area contributed by atoms with Crippen molar-refractivity contribution in [3.05, 3.63) is 29.7 Å². The topological polar surface area (TPSA) is 59.8 Å². The number of aromatic hydroxyl groups is 1. The minimum absolute atomic E-state index is 0.0332. The van der Waals surface area contributed by atoms with Crippen LogP contribution in [0.4, 0.5) is 4.39 Å². The van der Waals surface area contributed by atoms with Gasteiger partial charge in [-0.2, -0.15) is 5.26 Å². The van der Waals surface area contributed by atoms with E-state index >= 15 is 0 Å². The summed E-state index contributed by atoms with van der Waals surface area (Å²) in [5.74, 6) is -0.511. The average Bonchev–Trinajstić information content (AvgIpc) is 2.56. The fourth-order valence-corrected chi connectivity index (χ4v) is 1.23. The molecule has 13 heavy (non-hydrogen) atoms. The molecule has 0 aliphatic carbocycles. The highest BCUT2D eigenvalue weighted by Crippen LogP contribution is 2.26. The molecule has 0 saturated heterocycles. The predicted octanol–water partition coefficient (Wildman–Crippen LogP) is 1.88. The number of nitrogens with zero attached hydrogens (tertiary/aromatic N) is 1. The first kappa shape index (κ1) is 7.62. The van der Waals surface area contributed by atoms with E-state index in [1.165, 1.54) is 12.1 Å².